The van der Waals surface area contributed by atoms with Gasteiger partial charge in [0, 0.05) is 18.0 Å². The number of aryl methyl sites for hydroxylation is 2. The molecule has 1 N–H and O–H groups in total. The first-order valence-corrected chi connectivity index (χ1v) is 9.70. The topological polar surface area (TPSA) is 115 Å². The predicted octanol–water partition coefficient (Wildman–Crippen LogP) is 1.78. The minimum atomic E-state index is 0.646. The van der Waals surface area contributed by atoms with Crippen molar-refractivity contribution in [2.45, 2.75) is 13.8 Å². The van der Waals surface area contributed by atoms with Crippen molar-refractivity contribution >= 4 is 17.4 Å². The molecular formula is C21H16N10. The van der Waals surface area contributed by atoms with Crippen molar-refractivity contribution < 1.29 is 0 Å². The molecule has 0 saturated heterocycles. The van der Waals surface area contributed by atoms with Gasteiger partial charge < -0.3 is 0 Å². The van der Waals surface area contributed by atoms with Crippen LogP contribution in [-0.2, 0) is 0 Å². The minimum Gasteiger partial charge on any atom is -0.273 e. The first kappa shape index (κ1) is 17.4. The molecular weight excluding hydrogens is 392 g/mol. The summed E-state index contributed by atoms with van der Waals surface area (Å²) in [6, 6.07) is 11.5. The van der Waals surface area contributed by atoms with Crippen molar-refractivity contribution in [3.8, 4) is 22.8 Å². The van der Waals surface area contributed by atoms with E-state index in [-0.39, 0.29) is 0 Å². The van der Waals surface area contributed by atoms with E-state index in [9.17, 15) is 0 Å². The molecule has 0 aromatic carbocycles. The third-order valence-electron chi connectivity index (χ3n) is 4.95. The maximum Gasteiger partial charge on any atom is 0.185 e. The number of rotatable bonds is 3. The van der Waals surface area contributed by atoms with Crippen LogP contribution in [0.25, 0.3) is 40.1 Å². The first-order chi connectivity index (χ1) is 15.2. The third kappa shape index (κ3) is 2.76. The van der Waals surface area contributed by atoms with E-state index in [0.29, 0.717) is 28.6 Å². The SMILES string of the molecule is Cc1nc2c(=Cc3c(-c4ccccn4)[nH]n4nc(C)nc34)c(-c3ccccn3)nn2n1. The van der Waals surface area contributed by atoms with E-state index >= 15 is 0 Å². The summed E-state index contributed by atoms with van der Waals surface area (Å²) in [6.07, 6.45) is 5.50. The Morgan fingerprint density at radius 1 is 0.806 bits per heavy atom. The molecule has 31 heavy (non-hydrogen) atoms. The van der Waals surface area contributed by atoms with Crippen molar-refractivity contribution in [2.75, 3.05) is 0 Å². The summed E-state index contributed by atoms with van der Waals surface area (Å²) < 4.78 is 3.21. The maximum atomic E-state index is 4.65. The van der Waals surface area contributed by atoms with Gasteiger partial charge in [-0.25, -0.2) is 9.97 Å². The monoisotopic (exact) mass is 408 g/mol. The molecule has 0 amide bonds. The van der Waals surface area contributed by atoms with Gasteiger partial charge in [0.2, 0.25) is 0 Å². The summed E-state index contributed by atoms with van der Waals surface area (Å²) in [6.45, 7) is 3.70. The molecule has 0 aliphatic rings. The van der Waals surface area contributed by atoms with Crippen LogP contribution in [0.2, 0.25) is 0 Å². The Hall–Kier alpha value is -4.47. The first-order valence-electron chi connectivity index (χ1n) is 9.70. The van der Waals surface area contributed by atoms with Gasteiger partial charge in [0.15, 0.2) is 11.3 Å². The van der Waals surface area contributed by atoms with E-state index < -0.39 is 0 Å². The number of nitrogens with one attached hydrogen (secondary N) is 1. The maximum absolute atomic E-state index is 4.65. The number of aromatic amines is 1. The number of hydrogen-bond donors (Lipinski definition) is 1. The van der Waals surface area contributed by atoms with E-state index in [1.807, 2.05) is 56.3 Å². The summed E-state index contributed by atoms with van der Waals surface area (Å²) >= 11 is 0. The molecule has 0 spiro atoms. The van der Waals surface area contributed by atoms with Crippen LogP contribution in [0.4, 0.5) is 0 Å². The highest BCUT2D eigenvalue weighted by molar-refractivity contribution is 5.82. The lowest BCUT2D eigenvalue weighted by Crippen LogP contribution is -2.05. The number of nitrogens with zero attached hydrogens (tertiary/aromatic N) is 9. The molecule has 0 bridgehead atoms. The number of fused-ring (bicyclic) bond motifs is 2. The van der Waals surface area contributed by atoms with Crippen molar-refractivity contribution in [3.63, 3.8) is 0 Å². The molecule has 0 fully saturated rings. The van der Waals surface area contributed by atoms with Gasteiger partial charge in [-0.1, -0.05) is 12.1 Å². The molecule has 6 aromatic heterocycles. The summed E-state index contributed by atoms with van der Waals surface area (Å²) in [5.74, 6) is 1.31. The molecule has 10 nitrogen and oxygen atoms in total. The standard InChI is InChI=1S/C21H16N10/c1-12-24-20-14(18(28-30(20)26-12)16-7-3-5-9-22-16)11-15-19(17-8-4-6-10-23-17)29-31-21(15)25-13(2)27-31/h3-11,28H,1-2H3. The molecule has 6 rings (SSSR count). The van der Waals surface area contributed by atoms with E-state index in [4.69, 9.17) is 0 Å². The molecule has 0 saturated carbocycles. The van der Waals surface area contributed by atoms with Crippen LogP contribution in [0.15, 0.2) is 48.8 Å². The summed E-state index contributed by atoms with van der Waals surface area (Å²) in [4.78, 5) is 18.2. The highest BCUT2D eigenvalue weighted by Crippen LogP contribution is 2.25. The van der Waals surface area contributed by atoms with Crippen molar-refractivity contribution in [2.24, 2.45) is 0 Å². The fraction of sp³-hybridized carbons (Fsp3) is 0.0952. The fourth-order valence-corrected chi connectivity index (χ4v) is 3.65. The van der Waals surface area contributed by atoms with E-state index in [1.54, 1.807) is 21.7 Å². The van der Waals surface area contributed by atoms with Gasteiger partial charge in [0.05, 0.1) is 22.3 Å². The zero-order valence-corrected chi connectivity index (χ0v) is 16.7. The molecule has 0 aliphatic heterocycles. The Morgan fingerprint density at radius 3 is 2.26 bits per heavy atom. The van der Waals surface area contributed by atoms with Crippen LogP contribution in [0.1, 0.15) is 17.2 Å². The van der Waals surface area contributed by atoms with Gasteiger partial charge in [-0.15, -0.1) is 19.9 Å². The number of H-pyrrole nitrogens is 1. The fourth-order valence-electron chi connectivity index (χ4n) is 3.65. The number of pyridine rings is 2. The van der Waals surface area contributed by atoms with Crippen LogP contribution in [0.5, 0.6) is 0 Å². The zero-order valence-electron chi connectivity index (χ0n) is 16.7. The minimum absolute atomic E-state index is 0.646. The van der Waals surface area contributed by atoms with Gasteiger partial charge >= 0.3 is 0 Å². The number of aromatic nitrogens is 10. The smallest absolute Gasteiger partial charge is 0.185 e. The molecule has 6 aromatic rings. The summed E-state index contributed by atoms with van der Waals surface area (Å²) in [7, 11) is 0. The average Bonchev–Trinajstić information content (AvgIpc) is 3.50. The van der Waals surface area contributed by atoms with Crippen LogP contribution < -0.4 is 5.22 Å². The molecule has 0 radical (unpaired) electrons. The predicted molar refractivity (Wildman–Crippen MR) is 113 cm³/mol. The van der Waals surface area contributed by atoms with Crippen LogP contribution >= 0.6 is 0 Å². The lowest BCUT2D eigenvalue weighted by atomic mass is 10.1. The second-order valence-corrected chi connectivity index (χ2v) is 7.10. The Kier molecular flexibility index (Phi) is 3.66. The molecule has 150 valence electrons. The second kappa shape index (κ2) is 6.52. The van der Waals surface area contributed by atoms with Crippen LogP contribution in [-0.4, -0.2) is 49.6 Å². The highest BCUT2D eigenvalue weighted by Gasteiger charge is 2.19. The lowest BCUT2D eigenvalue weighted by Gasteiger charge is -1.99. The normalized spacial score (nSPS) is 12.4. The quantitative estimate of drug-likeness (QED) is 0.475. The Balaban J connectivity index is 1.71. The second-order valence-electron chi connectivity index (χ2n) is 7.10. The number of hydrogen-bond acceptors (Lipinski definition) is 7. The third-order valence-corrected chi connectivity index (χ3v) is 4.95. The molecule has 6 heterocycles. The Bertz CT molecular complexity index is 1590. The van der Waals surface area contributed by atoms with Crippen LogP contribution in [0, 0.1) is 13.8 Å². The van der Waals surface area contributed by atoms with Gasteiger partial charge in [-0.05, 0) is 44.2 Å². The van der Waals surface area contributed by atoms with Crippen LogP contribution in [0.3, 0.4) is 0 Å². The van der Waals surface area contributed by atoms with Gasteiger partial charge in [-0.2, -0.15) is 4.63 Å². The largest absolute Gasteiger partial charge is 0.273 e. The summed E-state index contributed by atoms with van der Waals surface area (Å²) in [5.41, 5.74) is 5.21. The molecule has 10 heteroatoms. The summed E-state index contributed by atoms with van der Waals surface area (Å²) in [5, 5.41) is 17.6. The van der Waals surface area contributed by atoms with E-state index in [0.717, 1.165) is 27.9 Å². The van der Waals surface area contributed by atoms with Gasteiger partial charge in [0.1, 0.15) is 17.3 Å². The van der Waals surface area contributed by atoms with E-state index in [1.165, 1.54) is 0 Å². The average molecular weight is 408 g/mol. The van der Waals surface area contributed by atoms with Crippen molar-refractivity contribution in [1.29, 1.82) is 0 Å². The zero-order chi connectivity index (χ0) is 20.9. The Morgan fingerprint density at radius 2 is 1.52 bits per heavy atom. The van der Waals surface area contributed by atoms with Crippen molar-refractivity contribution in [3.05, 3.63) is 71.2 Å². The highest BCUT2D eigenvalue weighted by atomic mass is 15.5. The molecule has 0 atom stereocenters. The lowest BCUT2D eigenvalue weighted by molar-refractivity contribution is 0.808. The van der Waals surface area contributed by atoms with Gasteiger partial charge in [-0.3, -0.25) is 15.1 Å². The molecule has 0 unspecified atom stereocenters. The molecule has 0 aliphatic carbocycles. The Labute approximate surface area is 175 Å². The van der Waals surface area contributed by atoms with E-state index in [2.05, 4.69) is 40.3 Å². The van der Waals surface area contributed by atoms with Crippen molar-refractivity contribution in [1.82, 2.24) is 49.6 Å². The van der Waals surface area contributed by atoms with Gasteiger partial charge in [0.25, 0.3) is 0 Å².